The van der Waals surface area contributed by atoms with Gasteiger partial charge in [0.1, 0.15) is 12.2 Å². The van der Waals surface area contributed by atoms with E-state index in [1.54, 1.807) is 22.8 Å². The Morgan fingerprint density at radius 1 is 1.39 bits per heavy atom. The highest BCUT2D eigenvalue weighted by Crippen LogP contribution is 2.15. The molecule has 0 bridgehead atoms. The van der Waals surface area contributed by atoms with Crippen LogP contribution < -0.4 is 4.90 Å². The number of anilines is 1. The van der Waals surface area contributed by atoms with Gasteiger partial charge in [0.25, 0.3) is 0 Å². The van der Waals surface area contributed by atoms with Crippen LogP contribution in [0, 0.1) is 0 Å². The number of carboxylic acids is 1. The maximum atomic E-state index is 10.9. The fraction of sp³-hybridized carbons (Fsp3) is 0.250. The van der Waals surface area contributed by atoms with Gasteiger partial charge in [0, 0.05) is 18.9 Å². The molecule has 1 aromatic carbocycles. The van der Waals surface area contributed by atoms with Crippen molar-refractivity contribution in [2.24, 2.45) is 7.05 Å². The standard InChI is InChI=1S/C12H14N4O2/c1-15-7-10(13-14-15)8-16(9-12(17)18)11-5-3-2-4-6-11/h2-7H,8-9H2,1H3,(H,17,18). The van der Waals surface area contributed by atoms with Crippen LogP contribution in [0.4, 0.5) is 5.69 Å². The van der Waals surface area contributed by atoms with Gasteiger partial charge in [-0.3, -0.25) is 9.48 Å². The van der Waals surface area contributed by atoms with E-state index in [0.717, 1.165) is 11.4 Å². The van der Waals surface area contributed by atoms with Gasteiger partial charge in [0.15, 0.2) is 0 Å². The molecular weight excluding hydrogens is 232 g/mol. The number of nitrogens with zero attached hydrogens (tertiary/aromatic N) is 4. The zero-order valence-corrected chi connectivity index (χ0v) is 10.0. The van der Waals surface area contributed by atoms with Crippen molar-refractivity contribution < 1.29 is 9.90 Å². The Labute approximate surface area is 104 Å². The monoisotopic (exact) mass is 246 g/mol. The molecule has 1 aromatic heterocycles. The van der Waals surface area contributed by atoms with Gasteiger partial charge in [0.2, 0.25) is 0 Å². The number of carbonyl (C=O) groups is 1. The summed E-state index contributed by atoms with van der Waals surface area (Å²) in [5.41, 5.74) is 1.59. The minimum atomic E-state index is -0.872. The molecule has 6 heteroatoms. The fourth-order valence-corrected chi connectivity index (χ4v) is 1.70. The molecule has 1 heterocycles. The van der Waals surface area contributed by atoms with Crippen molar-refractivity contribution >= 4 is 11.7 Å². The zero-order chi connectivity index (χ0) is 13.0. The second-order valence-corrected chi connectivity index (χ2v) is 3.97. The summed E-state index contributed by atoms with van der Waals surface area (Å²) in [6, 6.07) is 9.39. The van der Waals surface area contributed by atoms with Gasteiger partial charge in [-0.2, -0.15) is 0 Å². The first-order valence-corrected chi connectivity index (χ1v) is 5.52. The number of para-hydroxylation sites is 1. The number of rotatable bonds is 5. The van der Waals surface area contributed by atoms with E-state index in [9.17, 15) is 4.79 Å². The van der Waals surface area contributed by atoms with Crippen LogP contribution in [-0.2, 0) is 18.4 Å². The van der Waals surface area contributed by atoms with Crippen LogP contribution in [-0.4, -0.2) is 32.6 Å². The van der Waals surface area contributed by atoms with Crippen molar-refractivity contribution in [1.29, 1.82) is 0 Å². The first-order chi connectivity index (χ1) is 8.65. The Bertz CT molecular complexity index is 524. The van der Waals surface area contributed by atoms with E-state index in [1.807, 2.05) is 30.3 Å². The molecule has 0 aliphatic carbocycles. The Morgan fingerprint density at radius 2 is 2.11 bits per heavy atom. The molecule has 6 nitrogen and oxygen atoms in total. The number of aromatic nitrogens is 3. The van der Waals surface area contributed by atoms with E-state index in [0.29, 0.717) is 6.54 Å². The minimum absolute atomic E-state index is 0.0689. The van der Waals surface area contributed by atoms with Crippen LogP contribution in [0.5, 0.6) is 0 Å². The van der Waals surface area contributed by atoms with Crippen molar-refractivity contribution in [1.82, 2.24) is 15.0 Å². The van der Waals surface area contributed by atoms with Crippen LogP contribution in [0.15, 0.2) is 36.5 Å². The Hall–Kier alpha value is -2.37. The summed E-state index contributed by atoms with van der Waals surface area (Å²) in [6.07, 6.45) is 1.78. The van der Waals surface area contributed by atoms with Crippen molar-refractivity contribution in [2.45, 2.75) is 6.54 Å². The molecule has 0 spiro atoms. The third-order valence-electron chi connectivity index (χ3n) is 2.45. The van der Waals surface area contributed by atoms with Crippen LogP contribution >= 0.6 is 0 Å². The van der Waals surface area contributed by atoms with E-state index in [4.69, 9.17) is 5.11 Å². The molecule has 0 saturated carbocycles. The zero-order valence-electron chi connectivity index (χ0n) is 10.0. The van der Waals surface area contributed by atoms with Gasteiger partial charge in [-0.15, -0.1) is 5.10 Å². The average molecular weight is 246 g/mol. The third kappa shape index (κ3) is 3.07. The highest BCUT2D eigenvalue weighted by molar-refractivity contribution is 5.73. The lowest BCUT2D eigenvalue weighted by Gasteiger charge is -2.21. The Balaban J connectivity index is 2.18. The number of carboxylic acid groups (broad SMARTS) is 1. The van der Waals surface area contributed by atoms with E-state index < -0.39 is 5.97 Å². The predicted octanol–water partition coefficient (Wildman–Crippen LogP) is 0.906. The molecule has 2 aromatic rings. The van der Waals surface area contributed by atoms with Gasteiger partial charge in [-0.1, -0.05) is 23.4 Å². The fourth-order valence-electron chi connectivity index (χ4n) is 1.70. The summed E-state index contributed by atoms with van der Waals surface area (Å²) in [4.78, 5) is 12.6. The average Bonchev–Trinajstić information content (AvgIpc) is 2.75. The molecule has 1 N–H and O–H groups in total. The molecule has 0 radical (unpaired) electrons. The molecule has 0 saturated heterocycles. The number of hydrogen-bond donors (Lipinski definition) is 1. The van der Waals surface area contributed by atoms with Gasteiger partial charge >= 0.3 is 5.97 Å². The van der Waals surface area contributed by atoms with Gasteiger partial charge in [0.05, 0.1) is 6.54 Å². The van der Waals surface area contributed by atoms with Crippen LogP contribution in [0.25, 0.3) is 0 Å². The number of benzene rings is 1. The summed E-state index contributed by atoms with van der Waals surface area (Å²) in [5.74, 6) is -0.872. The van der Waals surface area contributed by atoms with Gasteiger partial charge in [-0.05, 0) is 12.1 Å². The highest BCUT2D eigenvalue weighted by atomic mass is 16.4. The third-order valence-corrected chi connectivity index (χ3v) is 2.45. The lowest BCUT2D eigenvalue weighted by Crippen LogP contribution is -2.29. The first kappa shape index (κ1) is 12.1. The van der Waals surface area contributed by atoms with Crippen LogP contribution in [0.2, 0.25) is 0 Å². The summed E-state index contributed by atoms with van der Waals surface area (Å²) < 4.78 is 1.60. The van der Waals surface area contributed by atoms with Crippen molar-refractivity contribution in [3.63, 3.8) is 0 Å². The topological polar surface area (TPSA) is 71.2 Å². The molecule has 0 aliphatic rings. The van der Waals surface area contributed by atoms with Crippen molar-refractivity contribution in [3.05, 3.63) is 42.2 Å². The maximum absolute atomic E-state index is 10.9. The van der Waals surface area contributed by atoms with E-state index in [2.05, 4.69) is 10.3 Å². The molecule has 2 rings (SSSR count). The SMILES string of the molecule is Cn1cc(CN(CC(=O)O)c2ccccc2)nn1. The molecule has 0 fully saturated rings. The number of aliphatic carboxylic acids is 1. The molecule has 94 valence electrons. The molecular formula is C12H14N4O2. The largest absolute Gasteiger partial charge is 0.480 e. The van der Waals surface area contributed by atoms with E-state index in [1.165, 1.54) is 0 Å². The summed E-state index contributed by atoms with van der Waals surface area (Å²) >= 11 is 0. The van der Waals surface area contributed by atoms with Crippen LogP contribution in [0.3, 0.4) is 0 Å². The highest BCUT2D eigenvalue weighted by Gasteiger charge is 2.12. The Kier molecular flexibility index (Phi) is 3.57. The van der Waals surface area contributed by atoms with Crippen molar-refractivity contribution in [3.8, 4) is 0 Å². The summed E-state index contributed by atoms with van der Waals surface area (Å²) in [6.45, 7) is 0.352. The van der Waals surface area contributed by atoms with E-state index >= 15 is 0 Å². The van der Waals surface area contributed by atoms with E-state index in [-0.39, 0.29) is 6.54 Å². The number of aryl methyl sites for hydroxylation is 1. The summed E-state index contributed by atoms with van der Waals surface area (Å²) in [7, 11) is 1.78. The maximum Gasteiger partial charge on any atom is 0.323 e. The quantitative estimate of drug-likeness (QED) is 0.849. The molecule has 18 heavy (non-hydrogen) atoms. The Morgan fingerprint density at radius 3 is 2.67 bits per heavy atom. The van der Waals surface area contributed by atoms with Gasteiger partial charge in [-0.25, -0.2) is 0 Å². The smallest absolute Gasteiger partial charge is 0.323 e. The first-order valence-electron chi connectivity index (χ1n) is 5.52. The molecule has 0 atom stereocenters. The normalized spacial score (nSPS) is 10.3. The minimum Gasteiger partial charge on any atom is -0.480 e. The second-order valence-electron chi connectivity index (χ2n) is 3.97. The summed E-state index contributed by atoms with van der Waals surface area (Å²) in [5, 5.41) is 16.7. The second kappa shape index (κ2) is 5.31. The molecule has 0 amide bonds. The number of hydrogen-bond acceptors (Lipinski definition) is 4. The van der Waals surface area contributed by atoms with Gasteiger partial charge < -0.3 is 10.0 Å². The lowest BCUT2D eigenvalue weighted by molar-refractivity contribution is -0.135. The lowest BCUT2D eigenvalue weighted by atomic mass is 10.2. The van der Waals surface area contributed by atoms with Crippen LogP contribution in [0.1, 0.15) is 5.69 Å². The molecule has 0 aliphatic heterocycles. The predicted molar refractivity (Wildman–Crippen MR) is 66.1 cm³/mol. The molecule has 0 unspecified atom stereocenters. The van der Waals surface area contributed by atoms with Crippen molar-refractivity contribution in [2.75, 3.05) is 11.4 Å².